The molecule has 1 saturated carbocycles. The van der Waals surface area contributed by atoms with Gasteiger partial charge in [0.05, 0.1) is 30.0 Å². The van der Waals surface area contributed by atoms with E-state index in [1.165, 1.54) is 0 Å². The maximum atomic E-state index is 10.0. The second-order valence-electron chi connectivity index (χ2n) is 9.72. The fourth-order valence-corrected chi connectivity index (χ4v) is 5.38. The van der Waals surface area contributed by atoms with Crippen LogP contribution < -0.4 is 0 Å². The third-order valence-electron chi connectivity index (χ3n) is 7.04. The molecule has 0 N–H and O–H groups in total. The summed E-state index contributed by atoms with van der Waals surface area (Å²) in [6.07, 6.45) is 2.49. The predicted octanol–water partition coefficient (Wildman–Crippen LogP) is 4.88. The van der Waals surface area contributed by atoms with E-state index in [0.717, 1.165) is 0 Å². The van der Waals surface area contributed by atoms with Crippen molar-refractivity contribution in [2.24, 2.45) is 34.5 Å². The van der Waals surface area contributed by atoms with Gasteiger partial charge in [-0.3, -0.25) is 0 Å². The van der Waals surface area contributed by atoms with Gasteiger partial charge in [-0.05, 0) is 42.5 Å². The Kier molecular flexibility index (Phi) is 4.99. The number of rotatable bonds is 3. The average molecular weight is 381 g/mol. The molecule has 3 aliphatic carbocycles. The molecule has 0 unspecified atom stereocenters. The first kappa shape index (κ1) is 21.0. The van der Waals surface area contributed by atoms with Gasteiger partial charge in [-0.15, -0.1) is 0 Å². The van der Waals surface area contributed by atoms with Gasteiger partial charge in [0.15, 0.2) is 10.8 Å². The zero-order chi connectivity index (χ0) is 20.8. The third-order valence-corrected chi connectivity index (χ3v) is 11.4. The predicted molar refractivity (Wildman–Crippen MR) is 104 cm³/mol. The molecule has 0 radical (unpaired) electrons. The van der Waals surface area contributed by atoms with Crippen LogP contribution in [0, 0.1) is 79.8 Å². The Morgan fingerprint density at radius 2 is 1.52 bits per heavy atom. The van der Waals surface area contributed by atoms with E-state index in [2.05, 4.69) is 72.0 Å². The van der Waals surface area contributed by atoms with Crippen LogP contribution in [0.3, 0.4) is 0 Å². The molecule has 0 saturated heterocycles. The van der Waals surface area contributed by atoms with Crippen LogP contribution in [-0.2, 0) is 4.43 Å². The number of hydrogen-bond acceptors (Lipinski definition) is 5. The molecule has 27 heavy (non-hydrogen) atoms. The average Bonchev–Trinajstić information content (AvgIpc) is 2.59. The van der Waals surface area contributed by atoms with Gasteiger partial charge >= 0.3 is 0 Å². The smallest absolute Gasteiger partial charge is 0.250 e. The zero-order valence-electron chi connectivity index (χ0n) is 17.3. The Labute approximate surface area is 164 Å². The Morgan fingerprint density at radius 3 is 1.89 bits per heavy atom. The van der Waals surface area contributed by atoms with Gasteiger partial charge in [-0.25, -0.2) is 0 Å². The molecular weight excluding hydrogens is 352 g/mol. The van der Waals surface area contributed by atoms with E-state index in [0.29, 0.717) is 12.2 Å². The molecule has 0 aromatic rings. The molecule has 1 fully saturated rings. The molecule has 0 spiro atoms. The van der Waals surface area contributed by atoms with Crippen LogP contribution in [0.15, 0.2) is 11.8 Å². The normalized spacial score (nSPS) is 28.3. The summed E-state index contributed by atoms with van der Waals surface area (Å²) in [5.41, 5.74) is -3.38. The molecule has 3 atom stereocenters. The number of nitriles is 4. The van der Waals surface area contributed by atoms with E-state index >= 15 is 0 Å². The quantitative estimate of drug-likeness (QED) is 0.649. The van der Waals surface area contributed by atoms with Gasteiger partial charge in [0.25, 0.3) is 0 Å². The van der Waals surface area contributed by atoms with Crippen molar-refractivity contribution in [2.45, 2.75) is 59.2 Å². The van der Waals surface area contributed by atoms with Crippen molar-refractivity contribution in [1.82, 2.24) is 0 Å². The topological polar surface area (TPSA) is 104 Å². The SMILES string of the molecule is CC(C)[C@@H]1C[C@@H]2C(O[Si](C)(C)C(C)(C)C)=C[C@@H]1C(C#N)(C#N)C2(C#N)C#N. The monoisotopic (exact) mass is 380 g/mol. The minimum absolute atomic E-state index is 0.0362. The van der Waals surface area contributed by atoms with Crippen molar-refractivity contribution in [3.63, 3.8) is 0 Å². The highest BCUT2D eigenvalue weighted by Crippen LogP contribution is 2.65. The van der Waals surface area contributed by atoms with Gasteiger partial charge in [0.2, 0.25) is 8.32 Å². The second kappa shape index (κ2) is 6.40. The van der Waals surface area contributed by atoms with Crippen LogP contribution in [0.1, 0.15) is 41.0 Å². The molecule has 0 heterocycles. The van der Waals surface area contributed by atoms with Gasteiger partial charge in [0.1, 0.15) is 0 Å². The van der Waals surface area contributed by atoms with Crippen molar-refractivity contribution in [3.05, 3.63) is 11.8 Å². The van der Waals surface area contributed by atoms with E-state index in [1.54, 1.807) is 0 Å². The van der Waals surface area contributed by atoms with Crippen LogP contribution in [-0.4, -0.2) is 8.32 Å². The highest BCUT2D eigenvalue weighted by Gasteiger charge is 2.71. The molecule has 0 amide bonds. The summed E-state index contributed by atoms with van der Waals surface area (Å²) in [4.78, 5) is 0. The lowest BCUT2D eigenvalue weighted by molar-refractivity contribution is -0.0106. The van der Waals surface area contributed by atoms with Crippen LogP contribution in [0.25, 0.3) is 0 Å². The van der Waals surface area contributed by atoms with E-state index in [1.807, 2.05) is 6.08 Å². The fourth-order valence-electron chi connectivity index (χ4n) is 4.27. The van der Waals surface area contributed by atoms with Crippen LogP contribution in [0.4, 0.5) is 0 Å². The zero-order valence-corrected chi connectivity index (χ0v) is 18.3. The van der Waals surface area contributed by atoms with Crippen molar-refractivity contribution < 1.29 is 4.43 Å². The van der Waals surface area contributed by atoms with Gasteiger partial charge in [-0.1, -0.05) is 34.6 Å². The van der Waals surface area contributed by atoms with E-state index in [9.17, 15) is 21.0 Å². The first-order valence-corrected chi connectivity index (χ1v) is 12.3. The Morgan fingerprint density at radius 1 is 1.04 bits per heavy atom. The summed E-state index contributed by atoms with van der Waals surface area (Å²) in [6.45, 7) is 14.8. The van der Waals surface area contributed by atoms with Gasteiger partial charge in [0, 0.05) is 11.8 Å². The molecule has 5 nitrogen and oxygen atoms in total. The Bertz CT molecular complexity index is 795. The van der Waals surface area contributed by atoms with E-state index in [-0.39, 0.29) is 16.9 Å². The lowest BCUT2D eigenvalue weighted by Crippen LogP contribution is -2.60. The summed E-state index contributed by atoms with van der Waals surface area (Å²) in [5, 5.41) is 39.9. The number of nitrogens with zero attached hydrogens (tertiary/aromatic N) is 4. The highest BCUT2D eigenvalue weighted by atomic mass is 28.4. The maximum absolute atomic E-state index is 10.0. The number of fused-ring (bicyclic) bond motifs is 2. The first-order valence-electron chi connectivity index (χ1n) is 9.43. The highest BCUT2D eigenvalue weighted by molar-refractivity contribution is 6.74. The molecule has 3 aliphatic rings. The Hall–Kier alpha value is -2.28. The number of hydrogen-bond donors (Lipinski definition) is 0. The summed E-state index contributed by atoms with van der Waals surface area (Å²) >= 11 is 0. The van der Waals surface area contributed by atoms with E-state index in [4.69, 9.17) is 4.43 Å². The minimum atomic E-state index is -2.19. The van der Waals surface area contributed by atoms with Crippen molar-refractivity contribution in [2.75, 3.05) is 0 Å². The first-order chi connectivity index (χ1) is 12.4. The van der Waals surface area contributed by atoms with Gasteiger partial charge in [-0.2, -0.15) is 21.0 Å². The molecule has 0 aliphatic heterocycles. The standard InChI is InChI=1S/C21H28N4OSi/c1-14(2)15-8-17-18(26-27(6,7)19(3,4)5)9-16(15)20(10-22,11-23)21(17,12-24)13-25/h9,14-17H,8H2,1-7H3/t15-,16-,17+/m0/s1. The molecule has 6 heteroatoms. The van der Waals surface area contributed by atoms with Crippen LogP contribution in [0.2, 0.25) is 18.1 Å². The minimum Gasteiger partial charge on any atom is -0.546 e. The summed E-state index contributed by atoms with van der Waals surface area (Å²) in [6, 6.07) is 8.38. The number of allylic oxidation sites excluding steroid dienone is 2. The molecule has 2 bridgehead atoms. The van der Waals surface area contributed by atoms with Crippen LogP contribution in [0.5, 0.6) is 0 Å². The summed E-state index contributed by atoms with van der Waals surface area (Å²) in [5.74, 6) is -0.0990. The van der Waals surface area contributed by atoms with E-state index < -0.39 is 31.0 Å². The van der Waals surface area contributed by atoms with Crippen molar-refractivity contribution >= 4 is 8.32 Å². The van der Waals surface area contributed by atoms with Crippen LogP contribution >= 0.6 is 0 Å². The molecule has 0 aromatic carbocycles. The largest absolute Gasteiger partial charge is 0.546 e. The molecular formula is C21H28N4OSi. The van der Waals surface area contributed by atoms with Crippen molar-refractivity contribution in [1.29, 1.82) is 21.0 Å². The molecule has 142 valence electrons. The Balaban J connectivity index is 2.72. The molecule has 0 aromatic heterocycles. The molecule has 3 rings (SSSR count). The summed E-state index contributed by atoms with van der Waals surface area (Å²) < 4.78 is 6.53. The summed E-state index contributed by atoms with van der Waals surface area (Å²) in [7, 11) is -2.19. The van der Waals surface area contributed by atoms with Gasteiger partial charge < -0.3 is 4.43 Å². The van der Waals surface area contributed by atoms with Crippen molar-refractivity contribution in [3.8, 4) is 24.3 Å². The fraction of sp³-hybridized carbons (Fsp3) is 0.714. The lowest BCUT2D eigenvalue weighted by atomic mass is 9.42. The second-order valence-corrected chi connectivity index (χ2v) is 14.4. The third kappa shape index (κ3) is 2.67. The lowest BCUT2D eigenvalue weighted by Gasteiger charge is -2.56. The maximum Gasteiger partial charge on any atom is 0.250 e.